The lowest BCUT2D eigenvalue weighted by molar-refractivity contribution is 0.0523. The summed E-state index contributed by atoms with van der Waals surface area (Å²) in [7, 11) is 0. The van der Waals surface area contributed by atoms with E-state index in [1.807, 2.05) is 20.8 Å². The molecule has 110 valence electrons. The number of alkyl carbamates (subject to hydrolysis) is 1. The Morgan fingerprint density at radius 2 is 2.05 bits per heavy atom. The van der Waals surface area contributed by atoms with E-state index in [-0.39, 0.29) is 6.09 Å². The summed E-state index contributed by atoms with van der Waals surface area (Å²) in [4.78, 5) is 11.6. The summed E-state index contributed by atoms with van der Waals surface area (Å²) in [5.74, 6) is 0.628. The Kier molecular flexibility index (Phi) is 4.65. The van der Waals surface area contributed by atoms with E-state index in [0.29, 0.717) is 12.5 Å². The molecule has 1 aromatic carbocycles. The molecular formula is C16H24N2O2. The molecule has 0 aliphatic carbocycles. The first-order valence-electron chi connectivity index (χ1n) is 7.20. The number of benzene rings is 1. The van der Waals surface area contributed by atoms with Gasteiger partial charge in [0.2, 0.25) is 0 Å². The Hall–Kier alpha value is -1.55. The fraction of sp³-hybridized carbons (Fsp3) is 0.562. The number of rotatable bonds is 3. The Balaban J connectivity index is 1.83. The Bertz CT molecular complexity index is 443. The molecule has 1 atom stereocenters. The van der Waals surface area contributed by atoms with Gasteiger partial charge in [-0.05, 0) is 50.8 Å². The molecule has 0 aromatic heterocycles. The molecule has 1 unspecified atom stereocenters. The Morgan fingerprint density at radius 1 is 1.35 bits per heavy atom. The van der Waals surface area contributed by atoms with Gasteiger partial charge in [0.25, 0.3) is 0 Å². The minimum atomic E-state index is -0.455. The van der Waals surface area contributed by atoms with Crippen LogP contribution in [-0.4, -0.2) is 24.8 Å². The van der Waals surface area contributed by atoms with Crippen LogP contribution in [0.15, 0.2) is 24.3 Å². The fourth-order valence-corrected chi connectivity index (χ4v) is 2.34. The lowest BCUT2D eigenvalue weighted by Gasteiger charge is -2.19. The molecule has 0 saturated carbocycles. The van der Waals surface area contributed by atoms with Crippen LogP contribution in [0.1, 0.15) is 44.2 Å². The molecule has 2 N–H and O–H groups in total. The first-order chi connectivity index (χ1) is 9.44. The molecule has 0 radical (unpaired) electrons. The second-order valence-corrected chi connectivity index (χ2v) is 6.29. The third-order valence-electron chi connectivity index (χ3n) is 3.35. The van der Waals surface area contributed by atoms with Crippen LogP contribution in [0, 0.1) is 0 Å². The van der Waals surface area contributed by atoms with Crippen molar-refractivity contribution in [1.29, 1.82) is 0 Å². The third kappa shape index (κ3) is 4.53. The van der Waals surface area contributed by atoms with E-state index < -0.39 is 5.60 Å². The average molecular weight is 276 g/mol. The van der Waals surface area contributed by atoms with E-state index in [9.17, 15) is 4.79 Å². The Labute approximate surface area is 120 Å². The fourth-order valence-electron chi connectivity index (χ4n) is 2.34. The van der Waals surface area contributed by atoms with Gasteiger partial charge in [0.1, 0.15) is 5.60 Å². The minimum absolute atomic E-state index is 0.374. The van der Waals surface area contributed by atoms with Crippen molar-refractivity contribution in [2.45, 2.75) is 45.3 Å². The van der Waals surface area contributed by atoms with Crippen LogP contribution in [0.2, 0.25) is 0 Å². The minimum Gasteiger partial charge on any atom is -0.444 e. The van der Waals surface area contributed by atoms with Crippen LogP contribution in [0.25, 0.3) is 0 Å². The molecule has 0 bridgehead atoms. The van der Waals surface area contributed by atoms with Crippen molar-refractivity contribution < 1.29 is 9.53 Å². The molecule has 1 aromatic rings. The molecule has 1 aliphatic rings. The van der Waals surface area contributed by atoms with Gasteiger partial charge in [-0.2, -0.15) is 0 Å². The summed E-state index contributed by atoms with van der Waals surface area (Å²) >= 11 is 0. The predicted molar refractivity (Wildman–Crippen MR) is 79.7 cm³/mol. The molecule has 1 aliphatic heterocycles. The van der Waals surface area contributed by atoms with Crippen LogP contribution in [0.3, 0.4) is 0 Å². The highest BCUT2D eigenvalue weighted by Gasteiger charge is 2.17. The molecule has 4 nitrogen and oxygen atoms in total. The maximum Gasteiger partial charge on any atom is 0.407 e. The van der Waals surface area contributed by atoms with Crippen molar-refractivity contribution in [3.63, 3.8) is 0 Å². The second-order valence-electron chi connectivity index (χ2n) is 6.29. The lowest BCUT2D eigenvalue weighted by Crippen LogP contribution is -2.32. The predicted octanol–water partition coefficient (Wildman–Crippen LogP) is 2.79. The number of hydrogen-bond acceptors (Lipinski definition) is 3. The van der Waals surface area contributed by atoms with Gasteiger partial charge in [0.15, 0.2) is 0 Å². The van der Waals surface area contributed by atoms with Crippen molar-refractivity contribution in [3.05, 3.63) is 35.4 Å². The number of nitrogens with one attached hydrogen (secondary N) is 2. The van der Waals surface area contributed by atoms with Crippen molar-refractivity contribution in [3.8, 4) is 0 Å². The summed E-state index contributed by atoms with van der Waals surface area (Å²) in [6.07, 6.45) is 0.830. The number of carbonyl (C=O) groups excluding carboxylic acids is 1. The van der Waals surface area contributed by atoms with E-state index >= 15 is 0 Å². The van der Waals surface area contributed by atoms with Crippen molar-refractivity contribution in [2.24, 2.45) is 0 Å². The van der Waals surface area contributed by atoms with Gasteiger partial charge in [0.05, 0.1) is 0 Å². The number of ether oxygens (including phenoxy) is 1. The molecular weight excluding hydrogens is 252 g/mol. The van der Waals surface area contributed by atoms with Crippen LogP contribution in [0.5, 0.6) is 0 Å². The lowest BCUT2D eigenvalue weighted by atomic mass is 9.97. The zero-order chi connectivity index (χ0) is 14.6. The maximum absolute atomic E-state index is 11.6. The maximum atomic E-state index is 11.6. The van der Waals surface area contributed by atoms with E-state index in [1.54, 1.807) is 0 Å². The zero-order valence-corrected chi connectivity index (χ0v) is 12.5. The highest BCUT2D eigenvalue weighted by Crippen LogP contribution is 2.22. The monoisotopic (exact) mass is 276 g/mol. The number of hydrogen-bond donors (Lipinski definition) is 2. The number of amides is 1. The first kappa shape index (κ1) is 14.9. The van der Waals surface area contributed by atoms with Gasteiger partial charge < -0.3 is 15.4 Å². The van der Waals surface area contributed by atoms with Crippen molar-refractivity contribution >= 4 is 6.09 Å². The van der Waals surface area contributed by atoms with E-state index in [4.69, 9.17) is 4.74 Å². The molecule has 2 rings (SSSR count). The molecule has 1 saturated heterocycles. The molecule has 1 heterocycles. The van der Waals surface area contributed by atoms with Gasteiger partial charge >= 0.3 is 6.09 Å². The Morgan fingerprint density at radius 3 is 2.60 bits per heavy atom. The average Bonchev–Trinajstić information content (AvgIpc) is 2.89. The molecule has 1 fully saturated rings. The van der Waals surface area contributed by atoms with Gasteiger partial charge in [-0.3, -0.25) is 0 Å². The van der Waals surface area contributed by atoms with Gasteiger partial charge in [0, 0.05) is 13.1 Å². The standard InChI is InChI=1S/C16H24N2O2/c1-16(2,3)20-15(19)18-10-12-4-6-13(7-5-12)14-8-9-17-11-14/h4-7,14,17H,8-11H2,1-3H3,(H,18,19). The second kappa shape index (κ2) is 6.27. The zero-order valence-electron chi connectivity index (χ0n) is 12.5. The smallest absolute Gasteiger partial charge is 0.407 e. The SMILES string of the molecule is CC(C)(C)OC(=O)NCc1ccc(C2CCNC2)cc1. The van der Waals surface area contributed by atoms with Crippen LogP contribution < -0.4 is 10.6 Å². The van der Waals surface area contributed by atoms with Crippen LogP contribution in [-0.2, 0) is 11.3 Å². The summed E-state index contributed by atoms with van der Waals surface area (Å²) in [6.45, 7) is 8.24. The van der Waals surface area contributed by atoms with Crippen LogP contribution in [0.4, 0.5) is 4.79 Å². The van der Waals surface area contributed by atoms with E-state index in [2.05, 4.69) is 34.9 Å². The molecule has 20 heavy (non-hydrogen) atoms. The molecule has 4 heteroatoms. The van der Waals surface area contributed by atoms with Gasteiger partial charge in [-0.25, -0.2) is 4.79 Å². The third-order valence-corrected chi connectivity index (χ3v) is 3.35. The van der Waals surface area contributed by atoms with Crippen LogP contribution >= 0.6 is 0 Å². The van der Waals surface area contributed by atoms with Gasteiger partial charge in [-0.1, -0.05) is 24.3 Å². The summed E-state index contributed by atoms with van der Waals surface area (Å²) in [6, 6.07) is 8.46. The van der Waals surface area contributed by atoms with Crippen molar-refractivity contribution in [2.75, 3.05) is 13.1 Å². The summed E-state index contributed by atoms with van der Waals surface area (Å²) in [5, 5.41) is 6.14. The highest BCUT2D eigenvalue weighted by molar-refractivity contribution is 5.67. The van der Waals surface area contributed by atoms with E-state index in [0.717, 1.165) is 18.7 Å². The molecule has 0 spiro atoms. The quantitative estimate of drug-likeness (QED) is 0.892. The summed E-state index contributed by atoms with van der Waals surface area (Å²) < 4.78 is 5.21. The van der Waals surface area contributed by atoms with Crippen molar-refractivity contribution in [1.82, 2.24) is 10.6 Å². The number of carbonyl (C=O) groups is 1. The first-order valence-corrected chi connectivity index (χ1v) is 7.20. The largest absolute Gasteiger partial charge is 0.444 e. The van der Waals surface area contributed by atoms with Gasteiger partial charge in [-0.15, -0.1) is 0 Å². The van der Waals surface area contributed by atoms with E-state index in [1.165, 1.54) is 12.0 Å². The molecule has 1 amide bonds. The highest BCUT2D eigenvalue weighted by atomic mass is 16.6. The normalized spacial score (nSPS) is 18.9. The summed E-state index contributed by atoms with van der Waals surface area (Å²) in [5.41, 5.74) is 2.00. The topological polar surface area (TPSA) is 50.4 Å².